The molecule has 0 aliphatic carbocycles. The summed E-state index contributed by atoms with van der Waals surface area (Å²) in [5.41, 5.74) is 0. The van der Waals surface area contributed by atoms with Gasteiger partial charge in [-0.2, -0.15) is 16.7 Å². The van der Waals surface area contributed by atoms with E-state index in [0.29, 0.717) is 16.9 Å². The second-order valence-corrected chi connectivity index (χ2v) is 4.94. The zero-order chi connectivity index (χ0) is 9.97. The summed E-state index contributed by atoms with van der Waals surface area (Å²) in [5.74, 6) is 2.92. The lowest BCUT2D eigenvalue weighted by Crippen LogP contribution is -2.19. The Morgan fingerprint density at radius 3 is 3.07 bits per heavy atom. The van der Waals surface area contributed by atoms with E-state index >= 15 is 0 Å². The summed E-state index contributed by atoms with van der Waals surface area (Å²) >= 11 is 13.5. The lowest BCUT2D eigenvalue weighted by Gasteiger charge is -2.12. The molecule has 1 fully saturated rings. The van der Waals surface area contributed by atoms with Gasteiger partial charge < -0.3 is 5.32 Å². The van der Waals surface area contributed by atoms with Crippen molar-refractivity contribution >= 4 is 40.8 Å². The van der Waals surface area contributed by atoms with E-state index in [4.69, 9.17) is 23.2 Å². The molecule has 6 heteroatoms. The van der Waals surface area contributed by atoms with Crippen LogP contribution >= 0.6 is 35.0 Å². The molecule has 3 nitrogen and oxygen atoms in total. The van der Waals surface area contributed by atoms with Gasteiger partial charge in [0.1, 0.15) is 10.8 Å². The minimum atomic E-state index is 0.225. The number of nitrogens with zero attached hydrogens (tertiary/aromatic N) is 2. The van der Waals surface area contributed by atoms with Gasteiger partial charge in [-0.05, 0) is 23.8 Å². The fourth-order valence-electron chi connectivity index (χ4n) is 1.29. The van der Waals surface area contributed by atoms with Crippen LogP contribution in [0.15, 0.2) is 6.20 Å². The van der Waals surface area contributed by atoms with E-state index in [2.05, 4.69) is 15.3 Å². The molecule has 76 valence electrons. The summed E-state index contributed by atoms with van der Waals surface area (Å²) in [4.78, 5) is 7.83. The van der Waals surface area contributed by atoms with Crippen molar-refractivity contribution in [3.05, 3.63) is 16.5 Å². The van der Waals surface area contributed by atoms with E-state index in [1.165, 1.54) is 11.9 Å². The first-order valence-electron chi connectivity index (χ1n) is 4.28. The third-order valence-electron chi connectivity index (χ3n) is 1.99. The quantitative estimate of drug-likeness (QED) is 0.819. The molecule has 1 N–H and O–H groups in total. The smallest absolute Gasteiger partial charge is 0.224 e. The van der Waals surface area contributed by atoms with Gasteiger partial charge in [0, 0.05) is 11.8 Å². The Morgan fingerprint density at radius 2 is 2.36 bits per heavy atom. The van der Waals surface area contributed by atoms with E-state index < -0.39 is 0 Å². The molecule has 2 rings (SSSR count). The molecule has 1 saturated heterocycles. The maximum absolute atomic E-state index is 5.92. The lowest BCUT2D eigenvalue weighted by molar-refractivity contribution is 0.805. The number of thioether (sulfide) groups is 1. The Hall–Kier alpha value is -0.190. The van der Waals surface area contributed by atoms with Gasteiger partial charge in [-0.1, -0.05) is 11.6 Å². The molecule has 0 radical (unpaired) electrons. The van der Waals surface area contributed by atoms with Crippen LogP contribution in [0.5, 0.6) is 0 Å². The number of rotatable bonds is 2. The predicted molar refractivity (Wildman–Crippen MR) is 61.4 cm³/mol. The van der Waals surface area contributed by atoms with Gasteiger partial charge in [0.05, 0.1) is 6.20 Å². The molecule has 1 aromatic rings. The summed E-state index contributed by atoms with van der Waals surface area (Å²) in [5, 5.41) is 4.01. The Balaban J connectivity index is 2.10. The van der Waals surface area contributed by atoms with Crippen LogP contribution in [0.25, 0.3) is 0 Å². The van der Waals surface area contributed by atoms with E-state index in [1.807, 2.05) is 11.8 Å². The van der Waals surface area contributed by atoms with Gasteiger partial charge in [-0.25, -0.2) is 4.98 Å². The average molecular weight is 250 g/mol. The number of nitrogens with one attached hydrogen (secondary N) is 1. The minimum Gasteiger partial charge on any atom is -0.365 e. The fraction of sp³-hybridized carbons (Fsp3) is 0.500. The first kappa shape index (κ1) is 10.3. The van der Waals surface area contributed by atoms with Crippen LogP contribution in [0.4, 0.5) is 5.82 Å². The Labute approximate surface area is 96.6 Å². The van der Waals surface area contributed by atoms with Gasteiger partial charge in [-0.3, -0.25) is 0 Å². The second-order valence-electron chi connectivity index (χ2n) is 3.04. The maximum Gasteiger partial charge on any atom is 0.224 e. The molecule has 1 aromatic heterocycles. The molecule has 1 atom stereocenters. The van der Waals surface area contributed by atoms with E-state index in [9.17, 15) is 0 Å². The molecular weight excluding hydrogens is 241 g/mol. The van der Waals surface area contributed by atoms with E-state index in [0.717, 1.165) is 12.2 Å². The van der Waals surface area contributed by atoms with Crippen molar-refractivity contribution in [3.8, 4) is 0 Å². The van der Waals surface area contributed by atoms with Crippen LogP contribution < -0.4 is 5.32 Å². The number of hydrogen-bond donors (Lipinski definition) is 1. The van der Waals surface area contributed by atoms with Gasteiger partial charge in [0.25, 0.3) is 0 Å². The molecule has 0 saturated carbocycles. The van der Waals surface area contributed by atoms with Crippen molar-refractivity contribution < 1.29 is 0 Å². The summed E-state index contributed by atoms with van der Waals surface area (Å²) in [6.45, 7) is 0. The van der Waals surface area contributed by atoms with Crippen LogP contribution in [0.1, 0.15) is 6.42 Å². The summed E-state index contributed by atoms with van der Waals surface area (Å²) in [6, 6.07) is 0.448. The molecule has 0 aromatic carbocycles. The lowest BCUT2D eigenvalue weighted by atomic mass is 10.2. The van der Waals surface area contributed by atoms with E-state index in [-0.39, 0.29) is 5.28 Å². The standard InChI is InChI=1S/C8H9Cl2N3S/c9-6-3-11-8(10)13-7(6)12-5-1-2-14-4-5/h3,5H,1-2,4H2,(H,11,12,13). The molecule has 0 spiro atoms. The average Bonchev–Trinajstić information content (AvgIpc) is 2.64. The van der Waals surface area contributed by atoms with Gasteiger partial charge in [-0.15, -0.1) is 0 Å². The minimum absolute atomic E-state index is 0.225. The topological polar surface area (TPSA) is 37.8 Å². The highest BCUT2D eigenvalue weighted by Crippen LogP contribution is 2.25. The van der Waals surface area contributed by atoms with Crippen LogP contribution in [0, 0.1) is 0 Å². The highest BCUT2D eigenvalue weighted by Gasteiger charge is 2.17. The highest BCUT2D eigenvalue weighted by atomic mass is 35.5. The first-order chi connectivity index (χ1) is 6.75. The largest absolute Gasteiger partial charge is 0.365 e. The highest BCUT2D eigenvalue weighted by molar-refractivity contribution is 7.99. The molecular formula is C8H9Cl2N3S. The molecule has 1 aliphatic rings. The van der Waals surface area contributed by atoms with Crippen LogP contribution in [0.3, 0.4) is 0 Å². The maximum atomic E-state index is 5.92. The number of hydrogen-bond acceptors (Lipinski definition) is 4. The second kappa shape index (κ2) is 4.55. The van der Waals surface area contributed by atoms with E-state index in [1.54, 1.807) is 0 Å². The van der Waals surface area contributed by atoms with Crippen molar-refractivity contribution in [2.24, 2.45) is 0 Å². The summed E-state index contributed by atoms with van der Waals surface area (Å²) in [7, 11) is 0. The Kier molecular flexibility index (Phi) is 3.36. The zero-order valence-corrected chi connectivity index (χ0v) is 9.66. The normalized spacial score (nSPS) is 21.1. The van der Waals surface area contributed by atoms with Crippen molar-refractivity contribution in [3.63, 3.8) is 0 Å². The van der Waals surface area contributed by atoms with Crippen molar-refractivity contribution in [2.75, 3.05) is 16.8 Å². The SMILES string of the molecule is Clc1ncc(Cl)c(NC2CCSC2)n1. The van der Waals surface area contributed by atoms with Crippen molar-refractivity contribution in [1.29, 1.82) is 0 Å². The molecule has 0 bridgehead atoms. The molecule has 1 aliphatic heterocycles. The molecule has 2 heterocycles. The van der Waals surface area contributed by atoms with Crippen molar-refractivity contribution in [1.82, 2.24) is 9.97 Å². The zero-order valence-electron chi connectivity index (χ0n) is 7.33. The first-order valence-corrected chi connectivity index (χ1v) is 6.19. The van der Waals surface area contributed by atoms with Crippen LogP contribution in [-0.4, -0.2) is 27.5 Å². The third kappa shape index (κ3) is 2.43. The summed E-state index contributed by atoms with van der Waals surface area (Å²) in [6.07, 6.45) is 2.66. The van der Waals surface area contributed by atoms with Gasteiger partial charge >= 0.3 is 0 Å². The molecule has 1 unspecified atom stereocenters. The predicted octanol–water partition coefficient (Wildman–Crippen LogP) is 2.70. The van der Waals surface area contributed by atoms with Crippen LogP contribution in [-0.2, 0) is 0 Å². The Bertz CT molecular complexity index is 328. The number of aromatic nitrogens is 2. The summed E-state index contributed by atoms with van der Waals surface area (Å²) < 4.78 is 0. The van der Waals surface area contributed by atoms with Gasteiger partial charge in [0.15, 0.2) is 0 Å². The Morgan fingerprint density at radius 1 is 1.50 bits per heavy atom. The van der Waals surface area contributed by atoms with Crippen molar-refractivity contribution in [2.45, 2.75) is 12.5 Å². The van der Waals surface area contributed by atoms with Crippen LogP contribution in [0.2, 0.25) is 10.3 Å². The molecule has 0 amide bonds. The number of halogens is 2. The fourth-order valence-corrected chi connectivity index (χ4v) is 2.72. The molecule has 14 heavy (non-hydrogen) atoms. The number of anilines is 1. The van der Waals surface area contributed by atoms with Gasteiger partial charge in [0.2, 0.25) is 5.28 Å². The third-order valence-corrected chi connectivity index (χ3v) is 3.61. The monoisotopic (exact) mass is 249 g/mol.